The van der Waals surface area contributed by atoms with E-state index >= 15 is 0 Å². The van der Waals surface area contributed by atoms with E-state index in [1.54, 1.807) is 24.3 Å². The van der Waals surface area contributed by atoms with Crippen molar-refractivity contribution in [3.05, 3.63) is 29.8 Å². The molecule has 138 valence electrons. The van der Waals surface area contributed by atoms with E-state index in [-0.39, 0.29) is 23.8 Å². The summed E-state index contributed by atoms with van der Waals surface area (Å²) in [5, 5.41) is 2.47. The van der Waals surface area contributed by atoms with Crippen LogP contribution in [0.15, 0.2) is 29.2 Å². The number of benzene rings is 1. The van der Waals surface area contributed by atoms with Gasteiger partial charge < -0.3 is 10.1 Å². The van der Waals surface area contributed by atoms with Gasteiger partial charge in [-0.05, 0) is 37.0 Å². The molecule has 0 atom stereocenters. The van der Waals surface area contributed by atoms with Crippen molar-refractivity contribution < 1.29 is 22.7 Å². The average molecular weight is 368 g/mol. The van der Waals surface area contributed by atoms with Crippen LogP contribution in [0.2, 0.25) is 0 Å². The lowest BCUT2D eigenvalue weighted by atomic mass is 10.1. The van der Waals surface area contributed by atoms with Crippen LogP contribution in [-0.4, -0.2) is 51.3 Å². The number of esters is 1. The predicted octanol–water partition coefficient (Wildman–Crippen LogP) is 1.08. The van der Waals surface area contributed by atoms with Crippen molar-refractivity contribution in [1.29, 1.82) is 0 Å². The van der Waals surface area contributed by atoms with E-state index in [2.05, 4.69) is 10.1 Å². The molecule has 1 N–H and O–H groups in total. The van der Waals surface area contributed by atoms with Gasteiger partial charge in [0.2, 0.25) is 15.9 Å². The van der Waals surface area contributed by atoms with Gasteiger partial charge in [-0.1, -0.05) is 18.6 Å². The van der Waals surface area contributed by atoms with E-state index in [1.807, 2.05) is 0 Å². The molecule has 8 heteroatoms. The van der Waals surface area contributed by atoms with Crippen LogP contribution in [-0.2, 0) is 30.8 Å². The number of nitrogens with zero attached hydrogens (tertiary/aromatic N) is 1. The largest absolute Gasteiger partial charge is 0.468 e. The quantitative estimate of drug-likeness (QED) is 0.727. The van der Waals surface area contributed by atoms with E-state index in [0.717, 1.165) is 24.8 Å². The van der Waals surface area contributed by atoms with E-state index < -0.39 is 16.0 Å². The number of nitrogens with one attached hydrogen (secondary N) is 1. The molecule has 1 aromatic carbocycles. The third-order valence-electron chi connectivity index (χ3n) is 4.17. The molecule has 25 heavy (non-hydrogen) atoms. The highest BCUT2D eigenvalue weighted by Gasteiger charge is 2.25. The third kappa shape index (κ3) is 5.54. The van der Waals surface area contributed by atoms with Crippen LogP contribution in [0, 0.1) is 0 Å². The average Bonchev–Trinajstić information content (AvgIpc) is 2.65. The van der Waals surface area contributed by atoms with Crippen molar-refractivity contribution in [2.75, 3.05) is 26.7 Å². The number of hydrogen-bond acceptors (Lipinski definition) is 5. The van der Waals surface area contributed by atoms with Gasteiger partial charge in [-0.2, -0.15) is 4.31 Å². The summed E-state index contributed by atoms with van der Waals surface area (Å²) in [6.07, 6.45) is 3.56. The van der Waals surface area contributed by atoms with Crippen LogP contribution in [0.4, 0.5) is 0 Å². The van der Waals surface area contributed by atoms with E-state index in [9.17, 15) is 18.0 Å². The molecular weight excluding hydrogens is 344 g/mol. The Morgan fingerprint density at radius 2 is 1.76 bits per heavy atom. The number of hydrogen-bond donors (Lipinski definition) is 1. The van der Waals surface area contributed by atoms with Crippen LogP contribution in [0.25, 0.3) is 0 Å². The van der Waals surface area contributed by atoms with Crippen LogP contribution in [0.5, 0.6) is 0 Å². The van der Waals surface area contributed by atoms with Crippen molar-refractivity contribution >= 4 is 21.9 Å². The molecular formula is C17H24N2O5S. The van der Waals surface area contributed by atoms with Crippen LogP contribution in [0.1, 0.15) is 31.2 Å². The number of aryl methyl sites for hydroxylation is 1. The predicted molar refractivity (Wildman–Crippen MR) is 92.4 cm³/mol. The molecule has 0 radical (unpaired) electrons. The Kier molecular flexibility index (Phi) is 6.95. The SMILES string of the molecule is COC(=O)CNC(=O)CCc1ccc(S(=O)(=O)N2CCCCC2)cc1. The van der Waals surface area contributed by atoms with Gasteiger partial charge in [-0.25, -0.2) is 8.42 Å². The van der Waals surface area contributed by atoms with E-state index in [0.29, 0.717) is 19.5 Å². The highest BCUT2D eigenvalue weighted by Crippen LogP contribution is 2.21. The fraction of sp³-hybridized carbons (Fsp3) is 0.529. The van der Waals surface area contributed by atoms with Gasteiger partial charge >= 0.3 is 5.97 Å². The number of piperidine rings is 1. The summed E-state index contributed by atoms with van der Waals surface area (Å²) >= 11 is 0. The summed E-state index contributed by atoms with van der Waals surface area (Å²) in [6, 6.07) is 6.63. The molecule has 1 aliphatic rings. The van der Waals surface area contributed by atoms with Gasteiger partial charge in [0.05, 0.1) is 12.0 Å². The zero-order valence-corrected chi connectivity index (χ0v) is 15.2. The minimum atomic E-state index is -3.43. The normalized spacial score (nSPS) is 15.6. The Morgan fingerprint density at radius 3 is 2.36 bits per heavy atom. The van der Waals surface area contributed by atoms with Crippen LogP contribution >= 0.6 is 0 Å². The molecule has 1 saturated heterocycles. The lowest BCUT2D eigenvalue weighted by molar-refractivity contribution is -0.141. The molecule has 1 amide bonds. The topological polar surface area (TPSA) is 92.8 Å². The first-order chi connectivity index (χ1) is 11.9. The first kappa shape index (κ1) is 19.4. The molecule has 1 heterocycles. The fourth-order valence-corrected chi connectivity index (χ4v) is 4.19. The van der Waals surface area contributed by atoms with Gasteiger partial charge in [-0.15, -0.1) is 0 Å². The number of rotatable bonds is 7. The van der Waals surface area contributed by atoms with Gasteiger partial charge in [0.1, 0.15) is 6.54 Å². The number of methoxy groups -OCH3 is 1. The van der Waals surface area contributed by atoms with Gasteiger partial charge in [0, 0.05) is 19.5 Å². The zero-order valence-electron chi connectivity index (χ0n) is 14.4. The second-order valence-corrected chi connectivity index (χ2v) is 7.90. The minimum absolute atomic E-state index is 0.150. The summed E-state index contributed by atoms with van der Waals surface area (Å²) in [6.45, 7) is 0.997. The smallest absolute Gasteiger partial charge is 0.325 e. The molecule has 0 saturated carbocycles. The van der Waals surface area contributed by atoms with Crippen molar-refractivity contribution in [1.82, 2.24) is 9.62 Å². The molecule has 0 aromatic heterocycles. The van der Waals surface area contributed by atoms with Crippen molar-refractivity contribution in [2.45, 2.75) is 37.0 Å². The third-order valence-corrected chi connectivity index (χ3v) is 6.09. The number of sulfonamides is 1. The minimum Gasteiger partial charge on any atom is -0.468 e. The molecule has 0 aliphatic carbocycles. The van der Waals surface area contributed by atoms with Gasteiger partial charge in [0.15, 0.2) is 0 Å². The maximum atomic E-state index is 12.6. The van der Waals surface area contributed by atoms with Gasteiger partial charge in [0.25, 0.3) is 0 Å². The Bertz CT molecular complexity index is 694. The maximum Gasteiger partial charge on any atom is 0.325 e. The molecule has 0 unspecified atom stereocenters. The number of carbonyl (C=O) groups is 2. The molecule has 1 fully saturated rings. The Morgan fingerprint density at radius 1 is 1.12 bits per heavy atom. The maximum absolute atomic E-state index is 12.6. The van der Waals surface area contributed by atoms with Crippen LogP contribution < -0.4 is 5.32 Å². The van der Waals surface area contributed by atoms with Crippen LogP contribution in [0.3, 0.4) is 0 Å². The molecule has 1 aliphatic heterocycles. The Hall–Kier alpha value is -1.93. The molecule has 0 bridgehead atoms. The molecule has 0 spiro atoms. The Balaban J connectivity index is 1.89. The molecule has 1 aromatic rings. The highest BCUT2D eigenvalue weighted by atomic mass is 32.2. The number of carbonyl (C=O) groups excluding carboxylic acids is 2. The Labute approximate surface area is 148 Å². The van der Waals surface area contributed by atoms with Crippen molar-refractivity contribution in [2.24, 2.45) is 0 Å². The summed E-state index contributed by atoms with van der Waals surface area (Å²) in [7, 11) is -2.17. The lowest BCUT2D eigenvalue weighted by Crippen LogP contribution is -2.35. The zero-order chi connectivity index (χ0) is 18.3. The highest BCUT2D eigenvalue weighted by molar-refractivity contribution is 7.89. The standard InChI is InChI=1S/C17H24N2O5S/c1-24-17(21)13-18-16(20)10-7-14-5-8-15(9-6-14)25(22,23)19-11-3-2-4-12-19/h5-6,8-9H,2-4,7,10-13H2,1H3,(H,18,20). The summed E-state index contributed by atoms with van der Waals surface area (Å²) in [4.78, 5) is 22.9. The van der Waals surface area contributed by atoms with E-state index in [4.69, 9.17) is 0 Å². The summed E-state index contributed by atoms with van der Waals surface area (Å²) in [5.74, 6) is -0.754. The lowest BCUT2D eigenvalue weighted by Gasteiger charge is -2.25. The van der Waals surface area contributed by atoms with E-state index in [1.165, 1.54) is 11.4 Å². The monoisotopic (exact) mass is 368 g/mol. The van der Waals surface area contributed by atoms with Crippen molar-refractivity contribution in [3.8, 4) is 0 Å². The summed E-state index contributed by atoms with van der Waals surface area (Å²) in [5.41, 5.74) is 0.866. The number of ether oxygens (including phenoxy) is 1. The molecule has 7 nitrogen and oxygen atoms in total. The number of amides is 1. The molecule has 2 rings (SSSR count). The summed E-state index contributed by atoms with van der Waals surface area (Å²) < 4.78 is 31.1. The first-order valence-electron chi connectivity index (χ1n) is 8.36. The second-order valence-electron chi connectivity index (χ2n) is 5.96. The first-order valence-corrected chi connectivity index (χ1v) is 9.80. The van der Waals surface area contributed by atoms with Gasteiger partial charge in [-0.3, -0.25) is 9.59 Å². The second kappa shape index (κ2) is 8.96. The van der Waals surface area contributed by atoms with Crippen molar-refractivity contribution in [3.63, 3.8) is 0 Å². The fourth-order valence-electron chi connectivity index (χ4n) is 2.67.